The van der Waals surface area contributed by atoms with Crippen LogP contribution >= 0.6 is 0 Å². The van der Waals surface area contributed by atoms with Crippen molar-refractivity contribution in [3.63, 3.8) is 0 Å². The minimum Gasteiger partial charge on any atom is -0.396 e. The van der Waals surface area contributed by atoms with Crippen molar-refractivity contribution in [3.05, 3.63) is 18.2 Å². The fourth-order valence-electron chi connectivity index (χ4n) is 2.30. The number of rotatable bonds is 7. The standard InChI is InChI=1S/C15H26N2O2S/c1-5-6-7-11-17(12(2)3)13-9-8-10-14(15(13)16)20(4,18)19/h8-10,12H,5-7,11,16H2,1-4H3. The highest BCUT2D eigenvalue weighted by atomic mass is 32.2. The van der Waals surface area contributed by atoms with E-state index in [1.54, 1.807) is 12.1 Å². The van der Waals surface area contributed by atoms with Gasteiger partial charge in [0.05, 0.1) is 16.3 Å². The molecule has 1 aromatic carbocycles. The maximum absolute atomic E-state index is 11.8. The van der Waals surface area contributed by atoms with Crippen molar-refractivity contribution in [2.24, 2.45) is 0 Å². The van der Waals surface area contributed by atoms with Crippen molar-refractivity contribution in [2.75, 3.05) is 23.4 Å². The van der Waals surface area contributed by atoms with Gasteiger partial charge < -0.3 is 10.6 Å². The number of sulfone groups is 1. The van der Waals surface area contributed by atoms with E-state index in [9.17, 15) is 8.42 Å². The Morgan fingerprint density at radius 2 is 1.90 bits per heavy atom. The zero-order valence-corrected chi connectivity index (χ0v) is 13.7. The van der Waals surface area contributed by atoms with Gasteiger partial charge in [0, 0.05) is 18.8 Å². The average molecular weight is 298 g/mol. The highest BCUT2D eigenvalue weighted by molar-refractivity contribution is 7.90. The lowest BCUT2D eigenvalue weighted by Gasteiger charge is -2.30. The summed E-state index contributed by atoms with van der Waals surface area (Å²) < 4.78 is 23.5. The third-order valence-corrected chi connectivity index (χ3v) is 4.53. The maximum atomic E-state index is 11.8. The van der Waals surface area contributed by atoms with Gasteiger partial charge in [-0.3, -0.25) is 0 Å². The first-order valence-electron chi connectivity index (χ1n) is 7.14. The van der Waals surface area contributed by atoms with E-state index in [-0.39, 0.29) is 10.9 Å². The van der Waals surface area contributed by atoms with Crippen LogP contribution < -0.4 is 10.6 Å². The molecule has 0 radical (unpaired) electrons. The van der Waals surface area contributed by atoms with Crippen molar-refractivity contribution in [1.29, 1.82) is 0 Å². The van der Waals surface area contributed by atoms with E-state index in [0.29, 0.717) is 5.69 Å². The van der Waals surface area contributed by atoms with Crippen LogP contribution in [-0.2, 0) is 9.84 Å². The molecule has 0 saturated carbocycles. The van der Waals surface area contributed by atoms with Crippen molar-refractivity contribution < 1.29 is 8.42 Å². The summed E-state index contributed by atoms with van der Waals surface area (Å²) in [6.45, 7) is 7.25. The second-order valence-electron chi connectivity index (χ2n) is 5.46. The predicted molar refractivity (Wildman–Crippen MR) is 86.0 cm³/mol. The van der Waals surface area contributed by atoms with Gasteiger partial charge in [-0.1, -0.05) is 25.8 Å². The Morgan fingerprint density at radius 1 is 1.25 bits per heavy atom. The molecule has 5 heteroatoms. The van der Waals surface area contributed by atoms with Gasteiger partial charge in [0.2, 0.25) is 0 Å². The van der Waals surface area contributed by atoms with E-state index < -0.39 is 9.84 Å². The summed E-state index contributed by atoms with van der Waals surface area (Å²) in [7, 11) is -3.29. The number of benzene rings is 1. The lowest BCUT2D eigenvalue weighted by molar-refractivity contribution is 0.601. The van der Waals surface area contributed by atoms with Crippen molar-refractivity contribution >= 4 is 21.2 Å². The van der Waals surface area contributed by atoms with Crippen LogP contribution in [0.2, 0.25) is 0 Å². The molecular weight excluding hydrogens is 272 g/mol. The predicted octanol–water partition coefficient (Wildman–Crippen LogP) is 3.08. The number of unbranched alkanes of at least 4 members (excludes halogenated alkanes) is 2. The van der Waals surface area contributed by atoms with E-state index in [4.69, 9.17) is 5.73 Å². The SMILES string of the molecule is CCCCCN(c1cccc(S(C)(=O)=O)c1N)C(C)C. The number of para-hydroxylation sites is 1. The zero-order valence-electron chi connectivity index (χ0n) is 12.9. The van der Waals surface area contributed by atoms with E-state index in [2.05, 4.69) is 25.7 Å². The van der Waals surface area contributed by atoms with Gasteiger partial charge >= 0.3 is 0 Å². The highest BCUT2D eigenvalue weighted by Crippen LogP contribution is 2.31. The Bertz CT molecular complexity index is 539. The van der Waals surface area contributed by atoms with Crippen LogP contribution in [0, 0.1) is 0 Å². The molecule has 4 nitrogen and oxygen atoms in total. The van der Waals surface area contributed by atoms with Gasteiger partial charge in [0.25, 0.3) is 0 Å². The van der Waals surface area contributed by atoms with Crippen molar-refractivity contribution in [3.8, 4) is 0 Å². The van der Waals surface area contributed by atoms with Crippen molar-refractivity contribution in [1.82, 2.24) is 0 Å². The molecule has 1 aromatic rings. The molecule has 0 bridgehead atoms. The van der Waals surface area contributed by atoms with Crippen LogP contribution in [0.15, 0.2) is 23.1 Å². The lowest BCUT2D eigenvalue weighted by Crippen LogP contribution is -2.32. The molecular formula is C15H26N2O2S. The summed E-state index contributed by atoms with van der Waals surface area (Å²) >= 11 is 0. The molecule has 0 spiro atoms. The van der Waals surface area contributed by atoms with Crippen LogP contribution in [0.1, 0.15) is 40.0 Å². The Morgan fingerprint density at radius 3 is 2.40 bits per heavy atom. The molecule has 114 valence electrons. The van der Waals surface area contributed by atoms with Crippen LogP contribution in [0.4, 0.5) is 11.4 Å². The third kappa shape index (κ3) is 4.13. The van der Waals surface area contributed by atoms with Crippen LogP contribution in [-0.4, -0.2) is 27.3 Å². The summed E-state index contributed by atoms with van der Waals surface area (Å²) in [5.74, 6) is 0. The van der Waals surface area contributed by atoms with E-state index in [0.717, 1.165) is 31.5 Å². The Hall–Kier alpha value is -1.23. The fraction of sp³-hybridized carbons (Fsp3) is 0.600. The first-order chi connectivity index (χ1) is 9.29. The molecule has 20 heavy (non-hydrogen) atoms. The zero-order chi connectivity index (χ0) is 15.3. The van der Waals surface area contributed by atoms with Crippen LogP contribution in [0.3, 0.4) is 0 Å². The number of hydrogen-bond donors (Lipinski definition) is 1. The molecule has 2 N–H and O–H groups in total. The number of hydrogen-bond acceptors (Lipinski definition) is 4. The minimum absolute atomic E-state index is 0.219. The molecule has 0 aliphatic rings. The maximum Gasteiger partial charge on any atom is 0.177 e. The van der Waals surface area contributed by atoms with Gasteiger partial charge in [-0.05, 0) is 32.4 Å². The van der Waals surface area contributed by atoms with Crippen LogP contribution in [0.5, 0.6) is 0 Å². The van der Waals surface area contributed by atoms with Crippen LogP contribution in [0.25, 0.3) is 0 Å². The summed E-state index contributed by atoms with van der Waals surface area (Å²) in [4.78, 5) is 2.40. The Kier molecular flexibility index (Phi) is 5.87. The molecule has 0 heterocycles. The van der Waals surface area contributed by atoms with E-state index >= 15 is 0 Å². The molecule has 0 amide bonds. The fourth-order valence-corrected chi connectivity index (χ4v) is 3.12. The second kappa shape index (κ2) is 6.97. The lowest BCUT2D eigenvalue weighted by atomic mass is 10.1. The Balaban J connectivity index is 3.15. The molecule has 0 aromatic heterocycles. The molecule has 1 rings (SSSR count). The molecule has 0 aliphatic carbocycles. The summed E-state index contributed by atoms with van der Waals surface area (Å²) in [6.07, 6.45) is 4.59. The molecule has 0 fully saturated rings. The van der Waals surface area contributed by atoms with Gasteiger partial charge in [-0.15, -0.1) is 0 Å². The van der Waals surface area contributed by atoms with E-state index in [1.165, 1.54) is 6.26 Å². The molecule has 0 saturated heterocycles. The third-order valence-electron chi connectivity index (χ3n) is 3.38. The smallest absolute Gasteiger partial charge is 0.177 e. The highest BCUT2D eigenvalue weighted by Gasteiger charge is 2.19. The monoisotopic (exact) mass is 298 g/mol. The number of nitrogens with two attached hydrogens (primary N) is 1. The summed E-state index contributed by atoms with van der Waals surface area (Å²) in [5, 5.41) is 0. The van der Waals surface area contributed by atoms with Crippen molar-refractivity contribution in [2.45, 2.75) is 51.0 Å². The first-order valence-corrected chi connectivity index (χ1v) is 9.03. The molecule has 0 atom stereocenters. The largest absolute Gasteiger partial charge is 0.396 e. The molecule has 0 aliphatic heterocycles. The number of anilines is 2. The van der Waals surface area contributed by atoms with E-state index in [1.807, 2.05) is 6.07 Å². The quantitative estimate of drug-likeness (QED) is 0.620. The van der Waals surface area contributed by atoms with Gasteiger partial charge in [-0.25, -0.2) is 8.42 Å². The average Bonchev–Trinajstić information content (AvgIpc) is 2.34. The summed E-state index contributed by atoms with van der Waals surface area (Å²) in [6, 6.07) is 5.51. The second-order valence-corrected chi connectivity index (χ2v) is 7.44. The summed E-state index contributed by atoms with van der Waals surface area (Å²) in [5.41, 5.74) is 7.27. The topological polar surface area (TPSA) is 63.4 Å². The minimum atomic E-state index is -3.29. The molecule has 0 unspecified atom stereocenters. The van der Waals surface area contributed by atoms with Gasteiger partial charge in [0.1, 0.15) is 0 Å². The Labute approximate surface area is 122 Å². The normalized spacial score (nSPS) is 11.8. The van der Waals surface area contributed by atoms with Gasteiger partial charge in [-0.2, -0.15) is 0 Å². The van der Waals surface area contributed by atoms with Gasteiger partial charge in [0.15, 0.2) is 9.84 Å². The first kappa shape index (κ1) is 16.8. The number of nitrogens with zero attached hydrogens (tertiary/aromatic N) is 1. The number of nitrogen functional groups attached to an aromatic ring is 1.